The number of piperazine rings is 1. The van der Waals surface area contributed by atoms with Crippen LogP contribution in [0.1, 0.15) is 18.5 Å². The van der Waals surface area contributed by atoms with Crippen LogP contribution >= 0.6 is 0 Å². The number of aromatic amines is 1. The number of rotatable bonds is 4. The molecule has 0 saturated carbocycles. The van der Waals surface area contributed by atoms with Crippen molar-refractivity contribution in [3.63, 3.8) is 0 Å². The van der Waals surface area contributed by atoms with Crippen LogP contribution in [0.25, 0.3) is 0 Å². The van der Waals surface area contributed by atoms with Gasteiger partial charge in [-0.15, -0.1) is 0 Å². The molecule has 0 aliphatic carbocycles. The minimum Gasteiger partial charge on any atom is -0.356 e. The molecule has 1 N–H and O–H groups in total. The summed E-state index contributed by atoms with van der Waals surface area (Å²) in [6, 6.07) is 2.02. The Morgan fingerprint density at radius 2 is 1.73 bits per heavy atom. The summed E-state index contributed by atoms with van der Waals surface area (Å²) in [5.41, 5.74) is 0.935. The normalized spacial score (nSPS) is 19.3. The third-order valence-electron chi connectivity index (χ3n) is 4.87. The summed E-state index contributed by atoms with van der Waals surface area (Å²) in [6.07, 6.45) is 5.11. The second-order valence-electron chi connectivity index (χ2n) is 6.67. The van der Waals surface area contributed by atoms with Gasteiger partial charge in [-0.3, -0.25) is 0 Å². The van der Waals surface area contributed by atoms with E-state index in [4.69, 9.17) is 4.98 Å². The number of aryl methyl sites for hydroxylation is 1. The zero-order valence-corrected chi connectivity index (χ0v) is 15.6. The van der Waals surface area contributed by atoms with Crippen molar-refractivity contribution in [3.8, 4) is 0 Å². The molecule has 0 radical (unpaired) electrons. The first kappa shape index (κ1) is 17.2. The predicted molar refractivity (Wildman–Crippen MR) is 97.8 cm³/mol. The smallest absolute Gasteiger partial charge is 0.260 e. The highest BCUT2D eigenvalue weighted by Crippen LogP contribution is 2.23. The average molecular weight is 377 g/mol. The summed E-state index contributed by atoms with van der Waals surface area (Å²) in [5, 5.41) is 0.133. The van der Waals surface area contributed by atoms with E-state index in [0.717, 1.165) is 24.6 Å². The van der Waals surface area contributed by atoms with Crippen LogP contribution in [0, 0.1) is 6.92 Å². The lowest BCUT2D eigenvalue weighted by molar-refractivity contribution is 0.381. The fraction of sp³-hybridized carbons (Fsp3) is 0.562. The molecule has 0 unspecified atom stereocenters. The summed E-state index contributed by atoms with van der Waals surface area (Å²) in [5.74, 6) is 1.66. The minimum atomic E-state index is -3.51. The molecule has 2 fully saturated rings. The van der Waals surface area contributed by atoms with Gasteiger partial charge in [0.05, 0.1) is 12.5 Å². The largest absolute Gasteiger partial charge is 0.356 e. The van der Waals surface area contributed by atoms with E-state index in [-0.39, 0.29) is 5.03 Å². The van der Waals surface area contributed by atoms with E-state index in [9.17, 15) is 8.42 Å². The Balaban J connectivity index is 1.48. The molecule has 0 aromatic carbocycles. The molecule has 0 spiro atoms. The summed E-state index contributed by atoms with van der Waals surface area (Å²) in [7, 11) is -3.51. The maximum atomic E-state index is 12.6. The van der Waals surface area contributed by atoms with Crippen LogP contribution in [0.3, 0.4) is 0 Å². The van der Waals surface area contributed by atoms with Crippen molar-refractivity contribution < 1.29 is 8.42 Å². The monoisotopic (exact) mass is 377 g/mol. The molecule has 4 heterocycles. The zero-order valence-electron chi connectivity index (χ0n) is 14.8. The second-order valence-corrected chi connectivity index (χ2v) is 8.58. The van der Waals surface area contributed by atoms with Gasteiger partial charge in [0, 0.05) is 51.0 Å². The van der Waals surface area contributed by atoms with Crippen LogP contribution in [0.4, 0.5) is 11.8 Å². The van der Waals surface area contributed by atoms with Gasteiger partial charge in [-0.1, -0.05) is 0 Å². The number of imidazole rings is 1. The van der Waals surface area contributed by atoms with E-state index in [1.807, 2.05) is 13.0 Å². The first-order chi connectivity index (χ1) is 12.5. The Morgan fingerprint density at radius 3 is 2.38 bits per heavy atom. The van der Waals surface area contributed by atoms with Gasteiger partial charge in [-0.05, 0) is 19.8 Å². The SMILES string of the molecule is Cc1cc(N2CCCC2)nc(N2CCN(S(=O)(=O)c3cnc[nH]3)CC2)n1. The summed E-state index contributed by atoms with van der Waals surface area (Å²) >= 11 is 0. The Morgan fingerprint density at radius 1 is 1.00 bits per heavy atom. The fourth-order valence-corrected chi connectivity index (χ4v) is 4.76. The molecule has 0 amide bonds. The molecule has 10 heteroatoms. The van der Waals surface area contributed by atoms with Crippen LogP contribution in [0.15, 0.2) is 23.6 Å². The number of nitrogens with one attached hydrogen (secondary N) is 1. The Bertz CT molecular complexity index is 855. The third-order valence-corrected chi connectivity index (χ3v) is 6.70. The van der Waals surface area contributed by atoms with Crippen LogP contribution in [-0.2, 0) is 10.0 Å². The molecule has 2 aromatic heterocycles. The molecule has 2 saturated heterocycles. The molecule has 9 nitrogen and oxygen atoms in total. The number of anilines is 2. The average Bonchev–Trinajstić information content (AvgIpc) is 3.35. The van der Waals surface area contributed by atoms with Gasteiger partial charge in [-0.2, -0.15) is 9.29 Å². The fourth-order valence-electron chi connectivity index (χ4n) is 3.44. The molecule has 140 valence electrons. The topological polar surface area (TPSA) is 98.3 Å². The van der Waals surface area contributed by atoms with Crippen molar-refractivity contribution in [2.24, 2.45) is 0 Å². The first-order valence-corrected chi connectivity index (χ1v) is 10.3. The zero-order chi connectivity index (χ0) is 18.1. The number of sulfonamides is 1. The van der Waals surface area contributed by atoms with Crippen molar-refractivity contribution in [2.45, 2.75) is 24.8 Å². The highest BCUT2D eigenvalue weighted by Gasteiger charge is 2.30. The van der Waals surface area contributed by atoms with Crippen molar-refractivity contribution in [1.82, 2.24) is 24.2 Å². The van der Waals surface area contributed by atoms with Gasteiger partial charge in [0.25, 0.3) is 10.0 Å². The minimum absolute atomic E-state index is 0.133. The molecule has 26 heavy (non-hydrogen) atoms. The third kappa shape index (κ3) is 3.26. The molecule has 2 aliphatic heterocycles. The number of hydrogen-bond acceptors (Lipinski definition) is 7. The van der Waals surface area contributed by atoms with Crippen molar-refractivity contribution >= 4 is 21.8 Å². The molecule has 2 aromatic rings. The van der Waals surface area contributed by atoms with E-state index in [0.29, 0.717) is 32.1 Å². The number of nitrogens with zero attached hydrogens (tertiary/aromatic N) is 6. The lowest BCUT2D eigenvalue weighted by Gasteiger charge is -2.34. The van der Waals surface area contributed by atoms with E-state index >= 15 is 0 Å². The van der Waals surface area contributed by atoms with Crippen molar-refractivity contribution in [1.29, 1.82) is 0 Å². The lowest BCUT2D eigenvalue weighted by atomic mass is 10.3. The van der Waals surface area contributed by atoms with E-state index in [2.05, 4.69) is 24.8 Å². The molecular weight excluding hydrogens is 354 g/mol. The van der Waals surface area contributed by atoms with Crippen molar-refractivity contribution in [2.75, 3.05) is 49.1 Å². The highest BCUT2D eigenvalue weighted by molar-refractivity contribution is 7.89. The Kier molecular flexibility index (Phi) is 4.53. The van der Waals surface area contributed by atoms with Gasteiger partial charge < -0.3 is 14.8 Å². The van der Waals surface area contributed by atoms with Gasteiger partial charge in [-0.25, -0.2) is 18.4 Å². The number of hydrogen-bond donors (Lipinski definition) is 1. The molecule has 2 aliphatic rings. The predicted octanol–water partition coefficient (Wildman–Crippen LogP) is 0.619. The standard InChI is InChI=1S/C16H23N7O2S/c1-13-10-14(21-4-2-3-5-21)20-16(19-13)22-6-8-23(9-7-22)26(24,25)15-11-17-12-18-15/h10-12H,2-9H2,1H3,(H,17,18). The summed E-state index contributed by atoms with van der Waals surface area (Å²) in [4.78, 5) is 20.1. The molecule has 0 atom stereocenters. The molecule has 0 bridgehead atoms. The van der Waals surface area contributed by atoms with Crippen LogP contribution in [0.5, 0.6) is 0 Å². The highest BCUT2D eigenvalue weighted by atomic mass is 32.2. The molecule has 4 rings (SSSR count). The van der Waals surface area contributed by atoms with Crippen LogP contribution in [0.2, 0.25) is 0 Å². The quantitative estimate of drug-likeness (QED) is 0.834. The van der Waals surface area contributed by atoms with Gasteiger partial charge in [0.15, 0.2) is 5.03 Å². The maximum absolute atomic E-state index is 12.6. The van der Waals surface area contributed by atoms with Crippen molar-refractivity contribution in [3.05, 3.63) is 24.3 Å². The van der Waals surface area contributed by atoms with E-state index < -0.39 is 10.0 Å². The van der Waals surface area contributed by atoms with Gasteiger partial charge in [0.2, 0.25) is 5.95 Å². The summed E-state index contributed by atoms with van der Waals surface area (Å²) < 4.78 is 26.6. The summed E-state index contributed by atoms with van der Waals surface area (Å²) in [6.45, 7) is 5.98. The Hall–Kier alpha value is -2.20. The number of H-pyrrole nitrogens is 1. The second kappa shape index (κ2) is 6.84. The van der Waals surface area contributed by atoms with E-state index in [1.54, 1.807) is 0 Å². The van der Waals surface area contributed by atoms with Gasteiger partial charge >= 0.3 is 0 Å². The first-order valence-electron chi connectivity index (χ1n) is 8.88. The lowest BCUT2D eigenvalue weighted by Crippen LogP contribution is -2.49. The van der Waals surface area contributed by atoms with E-state index in [1.165, 1.54) is 29.7 Å². The Labute approximate surface area is 153 Å². The number of aromatic nitrogens is 4. The van der Waals surface area contributed by atoms with Gasteiger partial charge in [0.1, 0.15) is 5.82 Å². The maximum Gasteiger partial charge on any atom is 0.260 e. The molecular formula is C16H23N7O2S. The van der Waals surface area contributed by atoms with Crippen LogP contribution in [-0.4, -0.2) is 71.9 Å². The van der Waals surface area contributed by atoms with Crippen LogP contribution < -0.4 is 9.80 Å².